The lowest BCUT2D eigenvalue weighted by atomic mass is 9.90. The summed E-state index contributed by atoms with van der Waals surface area (Å²) in [5.74, 6) is -2.22. The van der Waals surface area contributed by atoms with Gasteiger partial charge in [-0.3, -0.25) is 4.79 Å². The topological polar surface area (TPSA) is 104 Å². The second kappa shape index (κ2) is 12.2. The average Bonchev–Trinajstić information content (AvgIpc) is 3.32. The van der Waals surface area contributed by atoms with Crippen molar-refractivity contribution in [3.8, 4) is 0 Å². The third-order valence-electron chi connectivity index (χ3n) is 6.70. The lowest BCUT2D eigenvalue weighted by molar-refractivity contribution is -0.148. The first-order chi connectivity index (χ1) is 17.8. The molecule has 1 fully saturated rings. The zero-order valence-corrected chi connectivity index (χ0v) is 21.4. The van der Waals surface area contributed by atoms with Crippen LogP contribution in [0.15, 0.2) is 91.0 Å². The van der Waals surface area contributed by atoms with Gasteiger partial charge in [-0.2, -0.15) is 0 Å². The SMILES string of the molecule is O=C(O)[C@@H]1C[C@H](NS(=O)(=O)CCCCc2ccccc2)CN1C(=O)C(c1ccccc1)c1ccccc1. The number of carbonyl (C=O) groups is 2. The molecule has 3 aromatic rings. The molecule has 0 spiro atoms. The first-order valence-electron chi connectivity index (χ1n) is 12.5. The van der Waals surface area contributed by atoms with Crippen LogP contribution in [-0.2, 0) is 26.0 Å². The Kier molecular flexibility index (Phi) is 8.74. The third kappa shape index (κ3) is 7.05. The second-order valence-electron chi connectivity index (χ2n) is 9.41. The highest BCUT2D eigenvalue weighted by Crippen LogP contribution is 2.31. The Hall–Kier alpha value is -3.49. The summed E-state index contributed by atoms with van der Waals surface area (Å²) in [6.07, 6.45) is 2.05. The van der Waals surface area contributed by atoms with Crippen LogP contribution in [0.3, 0.4) is 0 Å². The van der Waals surface area contributed by atoms with Crippen LogP contribution in [0, 0.1) is 0 Å². The van der Waals surface area contributed by atoms with Crippen molar-refractivity contribution in [2.75, 3.05) is 12.3 Å². The van der Waals surface area contributed by atoms with E-state index in [-0.39, 0.29) is 24.6 Å². The molecule has 0 radical (unpaired) electrons. The summed E-state index contributed by atoms with van der Waals surface area (Å²) in [5, 5.41) is 9.88. The maximum atomic E-state index is 13.8. The van der Waals surface area contributed by atoms with Crippen LogP contribution in [0.5, 0.6) is 0 Å². The van der Waals surface area contributed by atoms with Crippen molar-refractivity contribution >= 4 is 21.9 Å². The summed E-state index contributed by atoms with van der Waals surface area (Å²) < 4.78 is 28.2. The van der Waals surface area contributed by atoms with Crippen LogP contribution in [0.25, 0.3) is 0 Å². The fraction of sp³-hybridized carbons (Fsp3) is 0.310. The highest BCUT2D eigenvalue weighted by Gasteiger charge is 2.43. The number of benzene rings is 3. The molecule has 1 aliphatic rings. The molecule has 7 nitrogen and oxygen atoms in total. The molecule has 1 aliphatic heterocycles. The predicted molar refractivity (Wildman–Crippen MR) is 143 cm³/mol. The number of aryl methyl sites for hydroxylation is 1. The number of rotatable bonds is 11. The number of hydrogen-bond donors (Lipinski definition) is 2. The summed E-state index contributed by atoms with van der Waals surface area (Å²) in [5.41, 5.74) is 2.67. The van der Waals surface area contributed by atoms with Crippen molar-refractivity contribution in [3.63, 3.8) is 0 Å². The number of aliphatic carboxylic acids is 1. The molecular weight excluding hydrogens is 488 g/mol. The lowest BCUT2D eigenvalue weighted by Gasteiger charge is -2.27. The number of carbonyl (C=O) groups excluding carboxylic acids is 1. The Morgan fingerprint density at radius 1 is 0.865 bits per heavy atom. The van der Waals surface area contributed by atoms with Crippen molar-refractivity contribution in [2.45, 2.75) is 43.7 Å². The quantitative estimate of drug-likeness (QED) is 0.374. The minimum Gasteiger partial charge on any atom is -0.480 e. The molecule has 0 aliphatic carbocycles. The standard InChI is InChI=1S/C29H32N2O5S/c32-28(27(23-15-6-2-7-16-23)24-17-8-3-9-18-24)31-21-25(20-26(31)29(33)34)30-37(35,36)19-11-10-14-22-12-4-1-5-13-22/h1-9,12-13,15-18,25-27,30H,10-11,14,19-21H2,(H,33,34)/t25-,26-/m0/s1. The van der Waals surface area contributed by atoms with Crippen LogP contribution in [0.4, 0.5) is 0 Å². The van der Waals surface area contributed by atoms with Crippen LogP contribution in [0.1, 0.15) is 41.9 Å². The number of sulfonamides is 1. The van der Waals surface area contributed by atoms with Gasteiger partial charge in [-0.25, -0.2) is 17.9 Å². The number of likely N-dealkylation sites (tertiary alicyclic amines) is 1. The molecule has 1 saturated heterocycles. The summed E-state index contributed by atoms with van der Waals surface area (Å²) in [6, 6.07) is 26.6. The first-order valence-corrected chi connectivity index (χ1v) is 14.2. The Morgan fingerprint density at radius 2 is 1.41 bits per heavy atom. The number of carboxylic acid groups (broad SMARTS) is 1. The molecule has 2 atom stereocenters. The largest absolute Gasteiger partial charge is 0.480 e. The van der Waals surface area contributed by atoms with Crippen LogP contribution in [-0.4, -0.2) is 54.7 Å². The number of nitrogens with zero attached hydrogens (tertiary/aromatic N) is 1. The van der Waals surface area contributed by atoms with E-state index in [4.69, 9.17) is 0 Å². The summed E-state index contributed by atoms with van der Waals surface area (Å²) in [6.45, 7) is 0.00914. The molecule has 4 rings (SSSR count). The van der Waals surface area contributed by atoms with E-state index in [0.29, 0.717) is 6.42 Å². The van der Waals surface area contributed by atoms with Gasteiger partial charge in [0.1, 0.15) is 6.04 Å². The predicted octanol–water partition coefficient (Wildman–Crippen LogP) is 3.81. The average molecular weight is 521 g/mol. The summed E-state index contributed by atoms with van der Waals surface area (Å²) >= 11 is 0. The second-order valence-corrected chi connectivity index (χ2v) is 11.3. The normalized spacial score (nSPS) is 17.7. The first kappa shape index (κ1) is 26.6. The maximum Gasteiger partial charge on any atom is 0.326 e. The van der Waals surface area contributed by atoms with Crippen molar-refractivity contribution in [3.05, 3.63) is 108 Å². The van der Waals surface area contributed by atoms with E-state index < -0.39 is 34.0 Å². The smallest absolute Gasteiger partial charge is 0.326 e. The van der Waals surface area contributed by atoms with Gasteiger partial charge >= 0.3 is 5.97 Å². The Balaban J connectivity index is 1.44. The molecule has 0 bridgehead atoms. The Morgan fingerprint density at radius 3 is 1.95 bits per heavy atom. The fourth-order valence-corrected chi connectivity index (χ4v) is 6.29. The molecule has 0 unspecified atom stereocenters. The molecule has 1 amide bonds. The Labute approximate surface area is 218 Å². The molecule has 8 heteroatoms. The zero-order valence-electron chi connectivity index (χ0n) is 20.6. The number of amides is 1. The van der Waals surface area contributed by atoms with Gasteiger partial charge in [-0.15, -0.1) is 0 Å². The molecule has 2 N–H and O–H groups in total. The van der Waals surface area contributed by atoms with Crippen LogP contribution < -0.4 is 4.72 Å². The molecule has 1 heterocycles. The highest BCUT2D eigenvalue weighted by molar-refractivity contribution is 7.89. The van der Waals surface area contributed by atoms with Gasteiger partial charge in [-0.1, -0.05) is 91.0 Å². The monoisotopic (exact) mass is 520 g/mol. The minimum absolute atomic E-state index is 0.00914. The number of carboxylic acids is 1. The van der Waals surface area contributed by atoms with Gasteiger partial charge in [0, 0.05) is 12.6 Å². The van der Waals surface area contributed by atoms with E-state index in [0.717, 1.165) is 29.5 Å². The fourth-order valence-electron chi connectivity index (χ4n) is 4.91. The lowest BCUT2D eigenvalue weighted by Crippen LogP contribution is -2.44. The maximum absolute atomic E-state index is 13.8. The van der Waals surface area contributed by atoms with Crippen molar-refractivity contribution < 1.29 is 23.1 Å². The van der Waals surface area contributed by atoms with E-state index in [1.165, 1.54) is 4.90 Å². The van der Waals surface area contributed by atoms with E-state index in [1.54, 1.807) is 0 Å². The number of nitrogens with one attached hydrogen (secondary N) is 1. The molecule has 3 aromatic carbocycles. The molecule has 37 heavy (non-hydrogen) atoms. The molecule has 0 aromatic heterocycles. The van der Waals surface area contributed by atoms with Crippen molar-refractivity contribution in [1.29, 1.82) is 0 Å². The Bertz CT molecular complexity index is 1240. The van der Waals surface area contributed by atoms with Crippen molar-refractivity contribution in [1.82, 2.24) is 9.62 Å². The van der Waals surface area contributed by atoms with Crippen LogP contribution in [0.2, 0.25) is 0 Å². The van der Waals surface area contributed by atoms with Crippen LogP contribution >= 0.6 is 0 Å². The molecule has 0 saturated carbocycles. The third-order valence-corrected chi connectivity index (χ3v) is 8.22. The van der Waals surface area contributed by atoms with Gasteiger partial charge in [0.2, 0.25) is 15.9 Å². The van der Waals surface area contributed by atoms with Gasteiger partial charge in [0.25, 0.3) is 0 Å². The van der Waals surface area contributed by atoms with E-state index in [1.807, 2.05) is 91.0 Å². The van der Waals surface area contributed by atoms with Gasteiger partial charge in [0.05, 0.1) is 11.7 Å². The summed E-state index contributed by atoms with van der Waals surface area (Å²) in [7, 11) is -3.62. The van der Waals surface area contributed by atoms with E-state index in [9.17, 15) is 23.1 Å². The number of unbranched alkanes of at least 4 members (excludes halogenated alkanes) is 1. The summed E-state index contributed by atoms with van der Waals surface area (Å²) in [4.78, 5) is 27.2. The highest BCUT2D eigenvalue weighted by atomic mass is 32.2. The van der Waals surface area contributed by atoms with Gasteiger partial charge < -0.3 is 10.0 Å². The van der Waals surface area contributed by atoms with E-state index in [2.05, 4.69) is 4.72 Å². The minimum atomic E-state index is -3.62. The molecule has 194 valence electrons. The zero-order chi connectivity index (χ0) is 26.3. The van der Waals surface area contributed by atoms with E-state index >= 15 is 0 Å². The number of hydrogen-bond acceptors (Lipinski definition) is 4. The van der Waals surface area contributed by atoms with Crippen molar-refractivity contribution in [2.24, 2.45) is 0 Å². The van der Waals surface area contributed by atoms with Gasteiger partial charge in [-0.05, 0) is 42.4 Å². The van der Waals surface area contributed by atoms with Gasteiger partial charge in [0.15, 0.2) is 0 Å². The molecular formula is C29H32N2O5S.